The smallest absolute Gasteiger partial charge is 0.338 e. The molecule has 1 saturated heterocycles. The van der Waals surface area contributed by atoms with E-state index in [9.17, 15) is 9.18 Å². The predicted molar refractivity (Wildman–Crippen MR) is 76.3 cm³/mol. The number of hydrogen-bond donors (Lipinski definition) is 1. The van der Waals surface area contributed by atoms with Crippen LogP contribution in [-0.2, 0) is 6.54 Å². The molecule has 3 nitrogen and oxygen atoms in total. The van der Waals surface area contributed by atoms with Gasteiger partial charge in [0.05, 0.1) is 5.56 Å². The predicted octanol–water partition coefficient (Wildman–Crippen LogP) is 3.54. The van der Waals surface area contributed by atoms with Crippen LogP contribution in [0.25, 0.3) is 0 Å². The van der Waals surface area contributed by atoms with Crippen LogP contribution in [-0.4, -0.2) is 29.1 Å². The lowest BCUT2D eigenvalue weighted by molar-refractivity contribution is 0.0691. The second kappa shape index (κ2) is 6.84. The Morgan fingerprint density at radius 1 is 1.40 bits per heavy atom. The molecule has 1 aromatic carbocycles. The molecule has 0 aliphatic carbocycles. The third-order valence-corrected chi connectivity index (χ3v) is 4.19. The summed E-state index contributed by atoms with van der Waals surface area (Å²) in [7, 11) is 0. The van der Waals surface area contributed by atoms with Gasteiger partial charge in [0.1, 0.15) is 5.82 Å². The Hall–Kier alpha value is -1.42. The van der Waals surface area contributed by atoms with Crippen molar-refractivity contribution in [3.05, 3.63) is 35.1 Å². The summed E-state index contributed by atoms with van der Waals surface area (Å²) in [4.78, 5) is 13.3. The number of carbonyl (C=O) groups is 1. The first-order valence-electron chi connectivity index (χ1n) is 7.34. The second-order valence-corrected chi connectivity index (χ2v) is 5.60. The van der Waals surface area contributed by atoms with Gasteiger partial charge in [-0.15, -0.1) is 0 Å². The van der Waals surface area contributed by atoms with Crippen LogP contribution in [0.1, 0.15) is 48.5 Å². The van der Waals surface area contributed by atoms with Gasteiger partial charge in [-0.25, -0.2) is 9.18 Å². The molecule has 0 aromatic heterocycles. The van der Waals surface area contributed by atoms with Crippen LogP contribution in [0, 0.1) is 11.7 Å². The van der Waals surface area contributed by atoms with Gasteiger partial charge in [0.25, 0.3) is 0 Å². The lowest BCUT2D eigenvalue weighted by Gasteiger charge is -2.20. The fourth-order valence-corrected chi connectivity index (χ4v) is 2.88. The van der Waals surface area contributed by atoms with E-state index in [1.54, 1.807) is 6.07 Å². The number of likely N-dealkylation sites (tertiary alicyclic amines) is 1. The first-order valence-corrected chi connectivity index (χ1v) is 7.34. The van der Waals surface area contributed by atoms with Crippen molar-refractivity contribution in [2.45, 2.75) is 39.2 Å². The zero-order chi connectivity index (χ0) is 14.5. The van der Waals surface area contributed by atoms with Crippen LogP contribution in [0.15, 0.2) is 18.2 Å². The van der Waals surface area contributed by atoms with E-state index in [0.717, 1.165) is 24.6 Å². The number of benzene rings is 1. The summed E-state index contributed by atoms with van der Waals surface area (Å²) in [5.74, 6) is -1.06. The molecule has 1 N–H and O–H groups in total. The van der Waals surface area contributed by atoms with E-state index in [2.05, 4.69) is 11.8 Å². The molecule has 0 amide bonds. The number of carboxylic acid groups (broad SMARTS) is 1. The van der Waals surface area contributed by atoms with Gasteiger partial charge in [-0.2, -0.15) is 0 Å². The van der Waals surface area contributed by atoms with Gasteiger partial charge in [0.2, 0.25) is 0 Å². The van der Waals surface area contributed by atoms with Crippen LogP contribution < -0.4 is 0 Å². The van der Waals surface area contributed by atoms with Crippen molar-refractivity contribution in [2.75, 3.05) is 13.1 Å². The molecule has 1 fully saturated rings. The molecule has 110 valence electrons. The van der Waals surface area contributed by atoms with Gasteiger partial charge in [-0.3, -0.25) is 4.90 Å². The lowest BCUT2D eigenvalue weighted by atomic mass is 9.98. The summed E-state index contributed by atoms with van der Waals surface area (Å²) < 4.78 is 13.4. The SMILES string of the molecule is CCC1CCCN(Cc2ccc(F)c(C(=O)O)c2)CC1. The zero-order valence-electron chi connectivity index (χ0n) is 11.9. The summed E-state index contributed by atoms with van der Waals surface area (Å²) in [5, 5.41) is 8.95. The second-order valence-electron chi connectivity index (χ2n) is 5.60. The average molecular weight is 279 g/mol. The molecule has 1 unspecified atom stereocenters. The molecule has 0 radical (unpaired) electrons. The van der Waals surface area contributed by atoms with Crippen molar-refractivity contribution in [3.63, 3.8) is 0 Å². The van der Waals surface area contributed by atoms with E-state index in [1.807, 2.05) is 0 Å². The number of nitrogens with zero attached hydrogens (tertiary/aromatic N) is 1. The highest BCUT2D eigenvalue weighted by molar-refractivity contribution is 5.88. The largest absolute Gasteiger partial charge is 0.478 e. The van der Waals surface area contributed by atoms with Crippen molar-refractivity contribution in [1.82, 2.24) is 4.90 Å². The van der Waals surface area contributed by atoms with Crippen molar-refractivity contribution in [2.24, 2.45) is 5.92 Å². The molecular weight excluding hydrogens is 257 g/mol. The van der Waals surface area contributed by atoms with E-state index >= 15 is 0 Å². The number of rotatable bonds is 4. The van der Waals surface area contributed by atoms with E-state index in [-0.39, 0.29) is 5.56 Å². The molecule has 0 bridgehead atoms. The Kier molecular flexibility index (Phi) is 5.12. The monoisotopic (exact) mass is 279 g/mol. The molecule has 1 aliphatic rings. The van der Waals surface area contributed by atoms with E-state index in [1.165, 1.54) is 37.8 Å². The topological polar surface area (TPSA) is 40.5 Å². The Morgan fingerprint density at radius 3 is 2.90 bits per heavy atom. The van der Waals surface area contributed by atoms with Crippen molar-refractivity contribution in [1.29, 1.82) is 0 Å². The maximum absolute atomic E-state index is 13.4. The molecule has 1 heterocycles. The van der Waals surface area contributed by atoms with Gasteiger partial charge in [0, 0.05) is 6.54 Å². The molecule has 1 aromatic rings. The quantitative estimate of drug-likeness (QED) is 0.916. The number of carboxylic acids is 1. The third kappa shape index (κ3) is 3.79. The summed E-state index contributed by atoms with van der Waals surface area (Å²) in [6.45, 7) is 5.02. The molecular formula is C16H22FNO2. The highest BCUT2D eigenvalue weighted by Gasteiger charge is 2.17. The maximum atomic E-state index is 13.4. The van der Waals surface area contributed by atoms with Crippen LogP contribution in [0.3, 0.4) is 0 Å². The lowest BCUT2D eigenvalue weighted by Crippen LogP contribution is -2.24. The van der Waals surface area contributed by atoms with Gasteiger partial charge in [0.15, 0.2) is 0 Å². The van der Waals surface area contributed by atoms with Crippen LogP contribution in [0.5, 0.6) is 0 Å². The highest BCUT2D eigenvalue weighted by atomic mass is 19.1. The minimum absolute atomic E-state index is 0.233. The molecule has 1 aliphatic heterocycles. The van der Waals surface area contributed by atoms with Crippen LogP contribution >= 0.6 is 0 Å². The standard InChI is InChI=1S/C16H22FNO2/c1-2-12-4-3-8-18(9-7-12)11-13-5-6-15(17)14(10-13)16(19)20/h5-6,10,12H,2-4,7-9,11H2,1H3,(H,19,20). The van der Waals surface area contributed by atoms with E-state index in [0.29, 0.717) is 6.54 Å². The van der Waals surface area contributed by atoms with Crippen LogP contribution in [0.2, 0.25) is 0 Å². The van der Waals surface area contributed by atoms with Gasteiger partial charge < -0.3 is 5.11 Å². The summed E-state index contributed by atoms with van der Waals surface area (Å²) >= 11 is 0. The molecule has 1 atom stereocenters. The van der Waals surface area contributed by atoms with Gasteiger partial charge in [-0.1, -0.05) is 19.4 Å². The number of halogens is 1. The van der Waals surface area contributed by atoms with Crippen molar-refractivity contribution in [3.8, 4) is 0 Å². The minimum atomic E-state index is -1.20. The third-order valence-electron chi connectivity index (χ3n) is 4.19. The molecule has 0 saturated carbocycles. The Balaban J connectivity index is 2.02. The molecule has 20 heavy (non-hydrogen) atoms. The zero-order valence-corrected chi connectivity index (χ0v) is 11.9. The Bertz CT molecular complexity index is 476. The first kappa shape index (κ1) is 15.0. The van der Waals surface area contributed by atoms with Gasteiger partial charge in [-0.05, 0) is 56.0 Å². The van der Waals surface area contributed by atoms with E-state index < -0.39 is 11.8 Å². The molecule has 2 rings (SSSR count). The molecule has 0 spiro atoms. The highest BCUT2D eigenvalue weighted by Crippen LogP contribution is 2.22. The van der Waals surface area contributed by atoms with E-state index in [4.69, 9.17) is 5.11 Å². The summed E-state index contributed by atoms with van der Waals surface area (Å²) in [5.41, 5.74) is 0.641. The number of hydrogen-bond acceptors (Lipinski definition) is 2. The minimum Gasteiger partial charge on any atom is -0.478 e. The number of aromatic carboxylic acids is 1. The Morgan fingerprint density at radius 2 is 2.20 bits per heavy atom. The summed E-state index contributed by atoms with van der Waals surface area (Å²) in [6.07, 6.45) is 4.89. The maximum Gasteiger partial charge on any atom is 0.338 e. The first-order chi connectivity index (χ1) is 9.60. The summed E-state index contributed by atoms with van der Waals surface area (Å²) in [6, 6.07) is 4.40. The molecule has 4 heteroatoms. The average Bonchev–Trinajstić information content (AvgIpc) is 2.66. The Labute approximate surface area is 119 Å². The fourth-order valence-electron chi connectivity index (χ4n) is 2.88. The van der Waals surface area contributed by atoms with Crippen molar-refractivity contribution < 1.29 is 14.3 Å². The van der Waals surface area contributed by atoms with Crippen LogP contribution in [0.4, 0.5) is 4.39 Å². The fraction of sp³-hybridized carbons (Fsp3) is 0.562. The van der Waals surface area contributed by atoms with Crippen molar-refractivity contribution >= 4 is 5.97 Å². The normalized spacial score (nSPS) is 20.6. The van der Waals surface area contributed by atoms with Gasteiger partial charge >= 0.3 is 5.97 Å².